The van der Waals surface area contributed by atoms with Crippen LogP contribution in [-0.2, 0) is 13.1 Å². The Morgan fingerprint density at radius 2 is 2.07 bits per heavy atom. The number of thiophene rings is 1. The van der Waals surface area contributed by atoms with E-state index in [9.17, 15) is 14.4 Å². The monoisotopic (exact) mass is 398 g/mol. The highest BCUT2D eigenvalue weighted by molar-refractivity contribution is 7.17. The number of aromatic nitrogens is 4. The van der Waals surface area contributed by atoms with E-state index in [4.69, 9.17) is 4.74 Å². The SMILES string of the molecule is CCCn1c(=O)c2sccc2n2c(=O)n(CC(=O)c3cccc(OC)c3)nc12. The lowest BCUT2D eigenvalue weighted by Gasteiger charge is -2.05. The van der Waals surface area contributed by atoms with E-state index in [1.807, 2.05) is 6.92 Å². The van der Waals surface area contributed by atoms with Crippen LogP contribution < -0.4 is 16.0 Å². The Hall–Kier alpha value is -3.20. The fraction of sp³-hybridized carbons (Fsp3) is 0.263. The first-order valence-corrected chi connectivity index (χ1v) is 9.70. The molecule has 1 aromatic carbocycles. The van der Waals surface area contributed by atoms with Crippen LogP contribution in [0.1, 0.15) is 23.7 Å². The van der Waals surface area contributed by atoms with Gasteiger partial charge in [-0.1, -0.05) is 19.1 Å². The lowest BCUT2D eigenvalue weighted by molar-refractivity contribution is 0.0966. The van der Waals surface area contributed by atoms with Gasteiger partial charge < -0.3 is 4.74 Å². The number of Topliss-reactive ketones (excluding diaryl/α,β-unsaturated/α-hetero) is 1. The molecule has 0 spiro atoms. The number of hydrogen-bond donors (Lipinski definition) is 0. The van der Waals surface area contributed by atoms with E-state index in [-0.39, 0.29) is 23.7 Å². The van der Waals surface area contributed by atoms with Crippen LogP contribution in [-0.4, -0.2) is 31.6 Å². The van der Waals surface area contributed by atoms with E-state index in [1.165, 1.54) is 27.4 Å². The number of benzene rings is 1. The smallest absolute Gasteiger partial charge is 0.352 e. The number of hydrogen-bond acceptors (Lipinski definition) is 6. The normalized spacial score (nSPS) is 11.4. The van der Waals surface area contributed by atoms with Crippen molar-refractivity contribution in [1.82, 2.24) is 18.7 Å². The molecule has 0 saturated carbocycles. The van der Waals surface area contributed by atoms with Crippen LogP contribution in [0, 0.1) is 0 Å². The largest absolute Gasteiger partial charge is 0.497 e. The van der Waals surface area contributed by atoms with Crippen LogP contribution >= 0.6 is 11.3 Å². The zero-order valence-electron chi connectivity index (χ0n) is 15.4. The Morgan fingerprint density at radius 3 is 2.82 bits per heavy atom. The van der Waals surface area contributed by atoms with Crippen LogP contribution in [0.15, 0.2) is 45.3 Å². The highest BCUT2D eigenvalue weighted by atomic mass is 32.1. The van der Waals surface area contributed by atoms with Gasteiger partial charge in [0.15, 0.2) is 5.78 Å². The Labute approximate surface area is 163 Å². The summed E-state index contributed by atoms with van der Waals surface area (Å²) in [4.78, 5) is 38.4. The third kappa shape index (κ3) is 2.84. The van der Waals surface area contributed by atoms with E-state index in [0.29, 0.717) is 28.1 Å². The molecule has 0 amide bonds. The Balaban J connectivity index is 1.85. The number of aryl methyl sites for hydroxylation is 1. The predicted octanol–water partition coefficient (Wildman–Crippen LogP) is 2.17. The molecule has 9 heteroatoms. The Kier molecular flexibility index (Phi) is 4.60. The lowest BCUT2D eigenvalue weighted by Crippen LogP contribution is -2.27. The molecule has 0 saturated heterocycles. The van der Waals surface area contributed by atoms with Crippen molar-refractivity contribution in [3.05, 3.63) is 62.1 Å². The maximum absolute atomic E-state index is 13.0. The molecule has 0 fully saturated rings. The molecule has 0 radical (unpaired) electrons. The summed E-state index contributed by atoms with van der Waals surface area (Å²) in [5, 5.41) is 6.08. The maximum Gasteiger partial charge on any atom is 0.352 e. The second-order valence-electron chi connectivity index (χ2n) is 6.32. The highest BCUT2D eigenvalue weighted by Gasteiger charge is 2.19. The highest BCUT2D eigenvalue weighted by Crippen LogP contribution is 2.18. The first-order chi connectivity index (χ1) is 13.5. The Bertz CT molecular complexity index is 1310. The standard InChI is InChI=1S/C19H18N4O4S/c1-3-8-21-17(25)16-14(7-9-28-16)23-18(21)20-22(19(23)26)11-15(24)12-5-4-6-13(10-12)27-2/h4-7,9-10H,3,8,11H2,1-2H3. The van der Waals surface area contributed by atoms with E-state index in [1.54, 1.807) is 35.7 Å². The predicted molar refractivity (Wildman–Crippen MR) is 107 cm³/mol. The number of fused-ring (bicyclic) bond motifs is 3. The molecule has 4 aromatic rings. The summed E-state index contributed by atoms with van der Waals surface area (Å²) >= 11 is 1.29. The maximum atomic E-state index is 13.0. The zero-order chi connectivity index (χ0) is 19.8. The van der Waals surface area contributed by atoms with Gasteiger partial charge in [0.1, 0.15) is 17.0 Å². The van der Waals surface area contributed by atoms with E-state index < -0.39 is 5.69 Å². The van der Waals surface area contributed by atoms with Gasteiger partial charge in [-0.05, 0) is 30.0 Å². The molecular formula is C19H18N4O4S. The van der Waals surface area contributed by atoms with Gasteiger partial charge in [0.25, 0.3) is 5.56 Å². The average molecular weight is 398 g/mol. The summed E-state index contributed by atoms with van der Waals surface area (Å²) in [7, 11) is 1.52. The summed E-state index contributed by atoms with van der Waals surface area (Å²) < 4.78 is 9.65. The summed E-state index contributed by atoms with van der Waals surface area (Å²) in [6, 6.07) is 8.46. The van der Waals surface area contributed by atoms with Gasteiger partial charge >= 0.3 is 5.69 Å². The number of carbonyl (C=O) groups is 1. The van der Waals surface area contributed by atoms with Crippen LogP contribution in [0.25, 0.3) is 16.0 Å². The first kappa shape index (κ1) is 18.2. The number of ketones is 1. The minimum atomic E-state index is -0.445. The van der Waals surface area contributed by atoms with Crippen molar-refractivity contribution in [1.29, 1.82) is 0 Å². The molecular weight excluding hydrogens is 380 g/mol. The second-order valence-corrected chi connectivity index (χ2v) is 7.24. The van der Waals surface area contributed by atoms with Gasteiger partial charge in [-0.3, -0.25) is 14.2 Å². The third-order valence-corrected chi connectivity index (χ3v) is 5.41. The van der Waals surface area contributed by atoms with Crippen molar-refractivity contribution in [3.8, 4) is 5.75 Å². The topological polar surface area (TPSA) is 87.6 Å². The van der Waals surface area contributed by atoms with Crippen molar-refractivity contribution in [3.63, 3.8) is 0 Å². The van der Waals surface area contributed by atoms with Gasteiger partial charge in [-0.15, -0.1) is 16.4 Å². The number of ether oxygens (including phenoxy) is 1. The van der Waals surface area contributed by atoms with E-state index >= 15 is 0 Å². The molecule has 4 rings (SSSR count). The van der Waals surface area contributed by atoms with Crippen LogP contribution in [0.4, 0.5) is 0 Å². The van der Waals surface area contributed by atoms with E-state index in [2.05, 4.69) is 5.10 Å². The summed E-state index contributed by atoms with van der Waals surface area (Å²) in [5.41, 5.74) is 0.326. The number of carbonyl (C=O) groups excluding carboxylic acids is 1. The summed E-state index contributed by atoms with van der Waals surface area (Å²) in [6.07, 6.45) is 0.718. The first-order valence-electron chi connectivity index (χ1n) is 8.82. The lowest BCUT2D eigenvalue weighted by atomic mass is 10.1. The summed E-state index contributed by atoms with van der Waals surface area (Å²) in [6.45, 7) is 2.17. The average Bonchev–Trinajstić information content (AvgIpc) is 3.30. The van der Waals surface area contributed by atoms with Crippen molar-refractivity contribution in [2.75, 3.05) is 7.11 Å². The molecule has 0 aliphatic carbocycles. The molecule has 0 aliphatic heterocycles. The van der Waals surface area contributed by atoms with Gasteiger partial charge in [-0.2, -0.15) is 0 Å². The van der Waals surface area contributed by atoms with Crippen molar-refractivity contribution in [2.45, 2.75) is 26.4 Å². The van der Waals surface area contributed by atoms with Crippen molar-refractivity contribution >= 4 is 33.1 Å². The number of rotatable bonds is 6. The van der Waals surface area contributed by atoms with Crippen LogP contribution in [0.3, 0.4) is 0 Å². The fourth-order valence-corrected chi connectivity index (χ4v) is 4.01. The van der Waals surface area contributed by atoms with Crippen molar-refractivity contribution in [2.24, 2.45) is 0 Å². The fourth-order valence-electron chi connectivity index (χ4n) is 3.19. The minimum Gasteiger partial charge on any atom is -0.497 e. The number of nitrogens with zero attached hydrogens (tertiary/aromatic N) is 4. The minimum absolute atomic E-state index is 0.171. The molecule has 144 valence electrons. The molecule has 8 nitrogen and oxygen atoms in total. The molecule has 0 N–H and O–H groups in total. The zero-order valence-corrected chi connectivity index (χ0v) is 16.2. The summed E-state index contributed by atoms with van der Waals surface area (Å²) in [5.74, 6) is 0.543. The van der Waals surface area contributed by atoms with Gasteiger partial charge in [0.05, 0.1) is 12.6 Å². The van der Waals surface area contributed by atoms with Gasteiger partial charge in [0.2, 0.25) is 5.78 Å². The molecule has 0 aliphatic rings. The van der Waals surface area contributed by atoms with E-state index in [0.717, 1.165) is 11.1 Å². The van der Waals surface area contributed by atoms with Gasteiger partial charge in [-0.25, -0.2) is 13.9 Å². The number of methoxy groups -OCH3 is 1. The van der Waals surface area contributed by atoms with Crippen LogP contribution in [0.2, 0.25) is 0 Å². The van der Waals surface area contributed by atoms with Crippen molar-refractivity contribution < 1.29 is 9.53 Å². The quantitative estimate of drug-likeness (QED) is 0.465. The molecule has 0 unspecified atom stereocenters. The molecule has 0 bridgehead atoms. The molecule has 28 heavy (non-hydrogen) atoms. The molecule has 0 atom stereocenters. The third-order valence-electron chi connectivity index (χ3n) is 4.52. The molecule has 3 heterocycles. The second kappa shape index (κ2) is 7.08. The van der Waals surface area contributed by atoms with Crippen LogP contribution in [0.5, 0.6) is 5.75 Å². The van der Waals surface area contributed by atoms with Gasteiger partial charge in [0, 0.05) is 12.1 Å². The molecule has 3 aromatic heterocycles. The Morgan fingerprint density at radius 1 is 1.25 bits per heavy atom.